The zero-order valence-electron chi connectivity index (χ0n) is 9.70. The van der Waals surface area contributed by atoms with Crippen molar-refractivity contribution >= 4 is 22.5 Å². The number of nitrogens with one attached hydrogen (secondary N) is 1. The van der Waals surface area contributed by atoms with Crippen LogP contribution < -0.4 is 5.32 Å². The van der Waals surface area contributed by atoms with E-state index in [9.17, 15) is 0 Å². The van der Waals surface area contributed by atoms with E-state index in [2.05, 4.69) is 15.3 Å². The minimum absolute atomic E-state index is 0.425. The lowest BCUT2D eigenvalue weighted by molar-refractivity contribution is 0.703. The number of hydrogen-bond donors (Lipinski definition) is 1. The summed E-state index contributed by atoms with van der Waals surface area (Å²) >= 11 is 6.20. The number of halogens is 1. The molecule has 3 rings (SSSR count). The fourth-order valence-corrected chi connectivity index (χ4v) is 2.57. The molecule has 1 N–H and O–H groups in total. The van der Waals surface area contributed by atoms with Gasteiger partial charge in [-0.2, -0.15) is 0 Å². The molecule has 0 amide bonds. The molecule has 4 heteroatoms. The maximum Gasteiger partial charge on any atom is 0.133 e. The van der Waals surface area contributed by atoms with Gasteiger partial charge >= 0.3 is 0 Å². The maximum atomic E-state index is 6.20. The van der Waals surface area contributed by atoms with Crippen LogP contribution in [0, 0.1) is 6.92 Å². The molecule has 1 aliphatic rings. The Balaban J connectivity index is 2.18. The van der Waals surface area contributed by atoms with Crippen molar-refractivity contribution in [3.8, 4) is 0 Å². The van der Waals surface area contributed by atoms with E-state index in [4.69, 9.17) is 11.6 Å². The first-order chi connectivity index (χ1) is 8.25. The average Bonchev–Trinajstić information content (AvgIpc) is 2.84. The Hall–Kier alpha value is -1.19. The lowest BCUT2D eigenvalue weighted by atomic mass is 10.1. The van der Waals surface area contributed by atoms with E-state index in [1.807, 2.05) is 25.1 Å². The number of aromatic nitrogens is 2. The van der Waals surface area contributed by atoms with Gasteiger partial charge in [0, 0.05) is 23.5 Å². The van der Waals surface area contributed by atoms with Crippen molar-refractivity contribution in [1.29, 1.82) is 0 Å². The summed E-state index contributed by atoms with van der Waals surface area (Å²) in [5, 5.41) is 5.10. The van der Waals surface area contributed by atoms with Gasteiger partial charge in [0.1, 0.15) is 5.82 Å². The van der Waals surface area contributed by atoms with Crippen LogP contribution in [0.1, 0.15) is 23.9 Å². The monoisotopic (exact) mass is 247 g/mol. The molecule has 1 aromatic carbocycles. The predicted molar refractivity (Wildman–Crippen MR) is 69.5 cm³/mol. The third kappa shape index (κ3) is 1.90. The molecule has 17 heavy (non-hydrogen) atoms. The number of rotatable bonds is 1. The van der Waals surface area contributed by atoms with E-state index < -0.39 is 0 Å². The zero-order chi connectivity index (χ0) is 11.8. The molecular formula is C13H14ClN3. The first kappa shape index (κ1) is 10.9. The van der Waals surface area contributed by atoms with Crippen LogP contribution in [0.2, 0.25) is 5.02 Å². The van der Waals surface area contributed by atoms with Gasteiger partial charge < -0.3 is 5.32 Å². The van der Waals surface area contributed by atoms with Gasteiger partial charge in [-0.1, -0.05) is 23.7 Å². The molecule has 1 atom stereocenters. The maximum absolute atomic E-state index is 6.20. The van der Waals surface area contributed by atoms with Gasteiger partial charge in [-0.3, -0.25) is 0 Å². The van der Waals surface area contributed by atoms with Crippen LogP contribution in [-0.2, 0) is 0 Å². The molecule has 1 unspecified atom stereocenters. The third-order valence-corrected chi connectivity index (χ3v) is 3.62. The number of para-hydroxylation sites is 1. The standard InChI is InChI=1S/C13H14ClN3/c1-8-10-3-2-4-11(14)12(10)17-13(16-8)9-5-6-15-7-9/h2-4,9,15H,5-7H2,1H3. The SMILES string of the molecule is Cc1nc(C2CCNC2)nc2c(Cl)cccc12. The molecule has 2 heterocycles. The molecule has 0 aliphatic carbocycles. The van der Waals surface area contributed by atoms with Crippen LogP contribution in [0.25, 0.3) is 10.9 Å². The molecular weight excluding hydrogens is 234 g/mol. The van der Waals surface area contributed by atoms with E-state index in [-0.39, 0.29) is 0 Å². The molecule has 0 saturated carbocycles. The molecule has 0 spiro atoms. The van der Waals surface area contributed by atoms with Crippen LogP contribution in [0.5, 0.6) is 0 Å². The molecule has 1 aliphatic heterocycles. The van der Waals surface area contributed by atoms with Gasteiger partial charge in [0.05, 0.1) is 10.5 Å². The molecule has 1 fully saturated rings. The van der Waals surface area contributed by atoms with E-state index in [1.54, 1.807) is 0 Å². The fraction of sp³-hybridized carbons (Fsp3) is 0.385. The van der Waals surface area contributed by atoms with E-state index in [0.717, 1.165) is 41.9 Å². The topological polar surface area (TPSA) is 37.8 Å². The first-order valence-electron chi connectivity index (χ1n) is 5.89. The number of benzene rings is 1. The number of hydrogen-bond acceptors (Lipinski definition) is 3. The quantitative estimate of drug-likeness (QED) is 0.842. The summed E-state index contributed by atoms with van der Waals surface area (Å²) in [5.74, 6) is 1.35. The van der Waals surface area contributed by atoms with Crippen LogP contribution in [0.4, 0.5) is 0 Å². The van der Waals surface area contributed by atoms with E-state index in [1.165, 1.54) is 0 Å². The summed E-state index contributed by atoms with van der Waals surface area (Å²) in [7, 11) is 0. The van der Waals surface area contributed by atoms with Gasteiger partial charge in [-0.05, 0) is 26.0 Å². The van der Waals surface area contributed by atoms with Crippen molar-refractivity contribution < 1.29 is 0 Å². The second-order valence-electron chi connectivity index (χ2n) is 4.49. The molecule has 0 radical (unpaired) electrons. The summed E-state index contributed by atoms with van der Waals surface area (Å²) < 4.78 is 0. The largest absolute Gasteiger partial charge is 0.316 e. The van der Waals surface area contributed by atoms with Crippen LogP contribution in [0.3, 0.4) is 0 Å². The minimum atomic E-state index is 0.425. The number of nitrogens with zero attached hydrogens (tertiary/aromatic N) is 2. The Bertz CT molecular complexity index is 562. The van der Waals surface area contributed by atoms with E-state index >= 15 is 0 Å². The van der Waals surface area contributed by atoms with Gasteiger partial charge in [-0.15, -0.1) is 0 Å². The number of fused-ring (bicyclic) bond motifs is 1. The lowest BCUT2D eigenvalue weighted by Crippen LogP contribution is -2.11. The van der Waals surface area contributed by atoms with Crippen molar-refractivity contribution in [1.82, 2.24) is 15.3 Å². The Labute approximate surface area is 105 Å². The fourth-order valence-electron chi connectivity index (χ4n) is 2.35. The van der Waals surface area contributed by atoms with Crippen molar-refractivity contribution in [2.45, 2.75) is 19.3 Å². The molecule has 1 saturated heterocycles. The summed E-state index contributed by atoms with van der Waals surface area (Å²) in [6.45, 7) is 4.04. The molecule has 3 nitrogen and oxygen atoms in total. The Morgan fingerprint density at radius 1 is 1.35 bits per heavy atom. The smallest absolute Gasteiger partial charge is 0.133 e. The molecule has 2 aromatic rings. The second-order valence-corrected chi connectivity index (χ2v) is 4.90. The van der Waals surface area contributed by atoms with Gasteiger partial charge in [0.15, 0.2) is 0 Å². The molecule has 0 bridgehead atoms. The first-order valence-corrected chi connectivity index (χ1v) is 6.27. The van der Waals surface area contributed by atoms with Crippen molar-refractivity contribution in [3.05, 3.63) is 34.7 Å². The van der Waals surface area contributed by atoms with E-state index in [0.29, 0.717) is 10.9 Å². The van der Waals surface area contributed by atoms with Gasteiger partial charge in [0.25, 0.3) is 0 Å². The van der Waals surface area contributed by atoms with Crippen molar-refractivity contribution in [2.75, 3.05) is 13.1 Å². The van der Waals surface area contributed by atoms with Gasteiger partial charge in [-0.25, -0.2) is 9.97 Å². The van der Waals surface area contributed by atoms with Crippen molar-refractivity contribution in [3.63, 3.8) is 0 Å². The van der Waals surface area contributed by atoms with Crippen LogP contribution in [-0.4, -0.2) is 23.1 Å². The average molecular weight is 248 g/mol. The summed E-state index contributed by atoms with van der Waals surface area (Å²) in [6.07, 6.45) is 1.11. The molecule has 88 valence electrons. The third-order valence-electron chi connectivity index (χ3n) is 3.31. The second kappa shape index (κ2) is 4.24. The highest BCUT2D eigenvalue weighted by Crippen LogP contribution is 2.26. The van der Waals surface area contributed by atoms with Gasteiger partial charge in [0.2, 0.25) is 0 Å². The molecule has 1 aromatic heterocycles. The predicted octanol–water partition coefficient (Wildman–Crippen LogP) is 2.67. The lowest BCUT2D eigenvalue weighted by Gasteiger charge is -2.10. The highest BCUT2D eigenvalue weighted by Gasteiger charge is 2.20. The highest BCUT2D eigenvalue weighted by molar-refractivity contribution is 6.35. The zero-order valence-corrected chi connectivity index (χ0v) is 10.5. The summed E-state index contributed by atoms with van der Waals surface area (Å²) in [5.41, 5.74) is 1.89. The highest BCUT2D eigenvalue weighted by atomic mass is 35.5. The summed E-state index contributed by atoms with van der Waals surface area (Å²) in [6, 6.07) is 5.85. The van der Waals surface area contributed by atoms with Crippen molar-refractivity contribution in [2.24, 2.45) is 0 Å². The number of aryl methyl sites for hydroxylation is 1. The van der Waals surface area contributed by atoms with Crippen LogP contribution in [0.15, 0.2) is 18.2 Å². The Morgan fingerprint density at radius 3 is 3.00 bits per heavy atom. The van der Waals surface area contributed by atoms with Crippen LogP contribution >= 0.6 is 11.6 Å². The minimum Gasteiger partial charge on any atom is -0.316 e. The Morgan fingerprint density at radius 2 is 2.24 bits per heavy atom. The Kier molecular flexibility index (Phi) is 2.73. The summed E-state index contributed by atoms with van der Waals surface area (Å²) in [4.78, 5) is 9.25. The normalized spacial score (nSPS) is 20.0.